The Bertz CT molecular complexity index is 441. The minimum atomic E-state index is 0.0624. The van der Waals surface area contributed by atoms with Gasteiger partial charge in [0.25, 0.3) is 0 Å². The molecule has 3 atom stereocenters. The Labute approximate surface area is 110 Å². The minimum absolute atomic E-state index is 0.0624. The molecule has 3 nitrogen and oxygen atoms in total. The maximum absolute atomic E-state index is 4.44. The second-order valence-electron chi connectivity index (χ2n) is 7.04. The lowest BCUT2D eigenvalue weighted by atomic mass is 10.00. The van der Waals surface area contributed by atoms with Gasteiger partial charge in [-0.25, -0.2) is 4.68 Å². The van der Waals surface area contributed by atoms with Crippen molar-refractivity contribution in [1.29, 1.82) is 0 Å². The van der Waals surface area contributed by atoms with E-state index < -0.39 is 0 Å². The first-order valence-corrected chi connectivity index (χ1v) is 7.46. The molecule has 18 heavy (non-hydrogen) atoms. The summed E-state index contributed by atoms with van der Waals surface area (Å²) in [7, 11) is 0. The lowest BCUT2D eigenvalue weighted by molar-refractivity contribution is 0.333. The SMILES string of the molecule is CCC1C2CCc3nnn(C(C)(C)C)c3CCC12. The average molecular weight is 247 g/mol. The molecule has 1 heterocycles. The van der Waals surface area contributed by atoms with E-state index in [9.17, 15) is 0 Å². The molecule has 0 saturated heterocycles. The third-order valence-corrected chi connectivity index (χ3v) is 4.89. The number of hydrogen-bond acceptors (Lipinski definition) is 2. The van der Waals surface area contributed by atoms with Crippen molar-refractivity contribution in [2.75, 3.05) is 0 Å². The molecular weight excluding hydrogens is 222 g/mol. The second kappa shape index (κ2) is 4.07. The van der Waals surface area contributed by atoms with E-state index in [0.29, 0.717) is 0 Å². The predicted octanol–water partition coefficient (Wildman–Crippen LogP) is 3.18. The van der Waals surface area contributed by atoms with Crippen LogP contribution in [0.5, 0.6) is 0 Å². The van der Waals surface area contributed by atoms with Crippen molar-refractivity contribution >= 4 is 0 Å². The van der Waals surface area contributed by atoms with E-state index in [2.05, 4.69) is 42.7 Å². The largest absolute Gasteiger partial charge is 0.244 e. The topological polar surface area (TPSA) is 30.7 Å². The summed E-state index contributed by atoms with van der Waals surface area (Å²) in [5.74, 6) is 2.99. The van der Waals surface area contributed by atoms with Crippen LogP contribution in [0, 0.1) is 17.8 Å². The van der Waals surface area contributed by atoms with E-state index >= 15 is 0 Å². The van der Waals surface area contributed by atoms with Gasteiger partial charge in [0.2, 0.25) is 0 Å². The van der Waals surface area contributed by atoms with Gasteiger partial charge in [-0.3, -0.25) is 0 Å². The number of aromatic nitrogens is 3. The Morgan fingerprint density at radius 1 is 1.17 bits per heavy atom. The molecule has 3 rings (SSSR count). The van der Waals surface area contributed by atoms with Crippen molar-refractivity contribution < 1.29 is 0 Å². The van der Waals surface area contributed by atoms with Crippen molar-refractivity contribution in [3.63, 3.8) is 0 Å². The van der Waals surface area contributed by atoms with Gasteiger partial charge in [0, 0.05) is 0 Å². The first-order chi connectivity index (χ1) is 8.52. The molecule has 0 bridgehead atoms. The van der Waals surface area contributed by atoms with E-state index in [0.717, 1.165) is 24.2 Å². The highest BCUT2D eigenvalue weighted by molar-refractivity contribution is 5.16. The van der Waals surface area contributed by atoms with Crippen molar-refractivity contribution in [3.8, 4) is 0 Å². The van der Waals surface area contributed by atoms with Gasteiger partial charge in [-0.15, -0.1) is 5.10 Å². The summed E-state index contributed by atoms with van der Waals surface area (Å²) in [4.78, 5) is 0. The van der Waals surface area contributed by atoms with Gasteiger partial charge in [0.05, 0.1) is 16.9 Å². The highest BCUT2D eigenvalue weighted by atomic mass is 15.5. The zero-order valence-electron chi connectivity index (χ0n) is 12.1. The monoisotopic (exact) mass is 247 g/mol. The van der Waals surface area contributed by atoms with Crippen molar-refractivity contribution in [2.45, 2.75) is 65.3 Å². The molecular formula is C15H25N3. The number of hydrogen-bond donors (Lipinski definition) is 0. The van der Waals surface area contributed by atoms with E-state index in [4.69, 9.17) is 0 Å². The van der Waals surface area contributed by atoms with Gasteiger partial charge in [-0.2, -0.15) is 0 Å². The quantitative estimate of drug-likeness (QED) is 0.763. The van der Waals surface area contributed by atoms with E-state index in [-0.39, 0.29) is 5.54 Å². The maximum atomic E-state index is 4.44. The van der Waals surface area contributed by atoms with E-state index in [1.54, 1.807) is 0 Å². The Balaban J connectivity index is 1.85. The molecule has 1 fully saturated rings. The number of fused-ring (bicyclic) bond motifs is 2. The summed E-state index contributed by atoms with van der Waals surface area (Å²) in [6.45, 7) is 9.00. The molecule has 0 spiro atoms. The van der Waals surface area contributed by atoms with E-state index in [1.807, 2.05) is 0 Å². The summed E-state index contributed by atoms with van der Waals surface area (Å²) in [5, 5.41) is 8.84. The summed E-state index contributed by atoms with van der Waals surface area (Å²) in [6.07, 6.45) is 6.36. The average Bonchev–Trinajstić information content (AvgIpc) is 2.76. The summed E-state index contributed by atoms with van der Waals surface area (Å²) in [6, 6.07) is 0. The molecule has 2 aliphatic carbocycles. The fourth-order valence-corrected chi connectivity index (χ4v) is 3.91. The zero-order chi connectivity index (χ0) is 12.9. The Hall–Kier alpha value is -0.860. The van der Waals surface area contributed by atoms with Gasteiger partial charge in [-0.05, 0) is 64.2 Å². The van der Waals surface area contributed by atoms with Gasteiger partial charge >= 0.3 is 0 Å². The van der Waals surface area contributed by atoms with Gasteiger partial charge in [0.15, 0.2) is 0 Å². The zero-order valence-corrected chi connectivity index (χ0v) is 12.1. The van der Waals surface area contributed by atoms with Crippen LogP contribution in [0.4, 0.5) is 0 Å². The second-order valence-corrected chi connectivity index (χ2v) is 7.04. The molecule has 0 radical (unpaired) electrons. The molecule has 1 aromatic heterocycles. The van der Waals surface area contributed by atoms with Gasteiger partial charge in [0.1, 0.15) is 0 Å². The highest BCUT2D eigenvalue weighted by Gasteiger charge is 2.48. The van der Waals surface area contributed by atoms with Crippen molar-refractivity contribution in [3.05, 3.63) is 11.4 Å². The summed E-state index contributed by atoms with van der Waals surface area (Å²) < 4.78 is 2.16. The molecule has 1 saturated carbocycles. The van der Waals surface area contributed by atoms with Crippen molar-refractivity contribution in [2.24, 2.45) is 17.8 Å². The number of aryl methyl sites for hydroxylation is 1. The van der Waals surface area contributed by atoms with Crippen molar-refractivity contribution in [1.82, 2.24) is 15.0 Å². The molecule has 2 aliphatic rings. The van der Waals surface area contributed by atoms with Crippen LogP contribution in [0.2, 0.25) is 0 Å². The molecule has 0 aromatic carbocycles. The minimum Gasteiger partial charge on any atom is -0.244 e. The smallest absolute Gasteiger partial charge is 0.0859 e. The van der Waals surface area contributed by atoms with Crippen LogP contribution in [0.3, 0.4) is 0 Å². The lowest BCUT2D eigenvalue weighted by Gasteiger charge is -2.22. The first-order valence-electron chi connectivity index (χ1n) is 7.46. The standard InChI is InChI=1S/C15H25N3/c1-5-10-11-6-8-13-14(9-7-12(10)11)18(17-16-13)15(2,3)4/h10-12H,5-9H2,1-4H3. The molecule has 0 aliphatic heterocycles. The van der Waals surface area contributed by atoms with Crippen LogP contribution in [-0.2, 0) is 18.4 Å². The van der Waals surface area contributed by atoms with Crippen LogP contribution in [0.25, 0.3) is 0 Å². The third kappa shape index (κ3) is 1.88. The van der Waals surface area contributed by atoms with Gasteiger partial charge < -0.3 is 0 Å². The Morgan fingerprint density at radius 3 is 2.44 bits per heavy atom. The number of nitrogens with zero attached hydrogens (tertiary/aromatic N) is 3. The third-order valence-electron chi connectivity index (χ3n) is 4.89. The highest BCUT2D eigenvalue weighted by Crippen LogP contribution is 2.54. The van der Waals surface area contributed by atoms with E-state index in [1.165, 1.54) is 37.1 Å². The molecule has 3 heteroatoms. The Morgan fingerprint density at radius 2 is 1.83 bits per heavy atom. The fourth-order valence-electron chi connectivity index (χ4n) is 3.91. The predicted molar refractivity (Wildman–Crippen MR) is 72.4 cm³/mol. The summed E-state index contributed by atoms with van der Waals surface area (Å²) in [5.41, 5.74) is 2.74. The lowest BCUT2D eigenvalue weighted by Crippen LogP contribution is -2.26. The molecule has 0 N–H and O–H groups in total. The van der Waals surface area contributed by atoms with Crippen LogP contribution in [0.1, 0.15) is 58.3 Å². The number of rotatable bonds is 1. The normalized spacial score (nSPS) is 31.2. The molecule has 3 unspecified atom stereocenters. The van der Waals surface area contributed by atoms with Crippen LogP contribution >= 0.6 is 0 Å². The van der Waals surface area contributed by atoms with Gasteiger partial charge in [-0.1, -0.05) is 18.6 Å². The fraction of sp³-hybridized carbons (Fsp3) is 0.867. The summed E-state index contributed by atoms with van der Waals surface area (Å²) >= 11 is 0. The Kier molecular flexibility index (Phi) is 2.76. The first kappa shape index (κ1) is 12.2. The van der Waals surface area contributed by atoms with Crippen LogP contribution in [0.15, 0.2) is 0 Å². The van der Waals surface area contributed by atoms with Crippen LogP contribution in [-0.4, -0.2) is 15.0 Å². The maximum Gasteiger partial charge on any atom is 0.0859 e. The molecule has 1 aromatic rings. The molecule has 0 amide bonds. The van der Waals surface area contributed by atoms with Crippen LogP contribution < -0.4 is 0 Å². The molecule has 100 valence electrons.